The van der Waals surface area contributed by atoms with Crippen LogP contribution in [-0.2, 0) is 0 Å². The van der Waals surface area contributed by atoms with Crippen LogP contribution in [0.4, 0.5) is 19.6 Å². The van der Waals surface area contributed by atoms with Crippen LogP contribution in [0.3, 0.4) is 0 Å². The number of hydrogen-bond donors (Lipinski definition) is 1. The highest BCUT2D eigenvalue weighted by Gasteiger charge is 2.20. The van der Waals surface area contributed by atoms with Gasteiger partial charge in [0.15, 0.2) is 5.13 Å². The van der Waals surface area contributed by atoms with Crippen LogP contribution in [0.25, 0.3) is 5.57 Å². The Labute approximate surface area is 183 Å². The van der Waals surface area contributed by atoms with Crippen molar-refractivity contribution in [2.45, 2.75) is 13.3 Å². The first-order valence-electron chi connectivity index (χ1n) is 9.22. The number of nitrogens with one attached hydrogen (secondary N) is 1. The van der Waals surface area contributed by atoms with E-state index in [0.717, 1.165) is 42.3 Å². The minimum absolute atomic E-state index is 0. The molecule has 4 nitrogen and oxygen atoms in total. The highest BCUT2D eigenvalue weighted by molar-refractivity contribution is 7.13. The summed E-state index contributed by atoms with van der Waals surface area (Å²) >= 11 is 1.62. The molecule has 2 heterocycles. The number of amides is 1. The van der Waals surface area contributed by atoms with Crippen LogP contribution in [0.1, 0.15) is 29.3 Å². The molecular weight excluding hydrogens is 428 g/mol. The van der Waals surface area contributed by atoms with Gasteiger partial charge < -0.3 is 10.2 Å². The van der Waals surface area contributed by atoms with Gasteiger partial charge >= 0.3 is 0 Å². The number of aromatic nitrogens is 1. The van der Waals surface area contributed by atoms with E-state index in [4.69, 9.17) is 0 Å². The molecule has 0 saturated carbocycles. The zero-order valence-corrected chi connectivity index (χ0v) is 17.8. The Morgan fingerprint density at radius 1 is 1.13 bits per heavy atom. The fourth-order valence-corrected chi connectivity index (χ4v) is 4.06. The molecule has 1 aromatic heterocycles. The van der Waals surface area contributed by atoms with E-state index in [1.54, 1.807) is 29.7 Å². The molecule has 0 unspecified atom stereocenters. The first kappa shape index (κ1) is 21.9. The van der Waals surface area contributed by atoms with Gasteiger partial charge in [-0.05, 0) is 48.7 Å². The molecule has 8 heteroatoms. The second-order valence-electron chi connectivity index (χ2n) is 6.87. The molecule has 0 bridgehead atoms. The zero-order valence-electron chi connectivity index (χ0n) is 16.2. The van der Waals surface area contributed by atoms with Gasteiger partial charge in [-0.2, -0.15) is 0 Å². The number of carbonyl (C=O) groups excluding carboxylic acids is 1. The van der Waals surface area contributed by atoms with Crippen molar-refractivity contribution in [2.75, 3.05) is 23.3 Å². The first-order valence-corrected chi connectivity index (χ1v) is 10.1. The Kier molecular flexibility index (Phi) is 6.84. The lowest BCUT2D eigenvalue weighted by atomic mass is 9.95. The largest absolute Gasteiger partial charge is 0.343 e. The van der Waals surface area contributed by atoms with E-state index in [0.29, 0.717) is 5.69 Å². The number of hydrogen-bond acceptors (Lipinski definition) is 4. The van der Waals surface area contributed by atoms with Gasteiger partial charge in [-0.15, -0.1) is 23.7 Å². The molecule has 1 N–H and O–H groups in total. The maximum atomic E-state index is 13.8. The molecule has 0 fully saturated rings. The van der Waals surface area contributed by atoms with Gasteiger partial charge in [0.25, 0.3) is 5.91 Å². The van der Waals surface area contributed by atoms with Crippen molar-refractivity contribution in [3.63, 3.8) is 0 Å². The molecule has 4 rings (SSSR count). The average Bonchev–Trinajstić information content (AvgIpc) is 3.24. The highest BCUT2D eigenvalue weighted by Crippen LogP contribution is 2.31. The summed E-state index contributed by atoms with van der Waals surface area (Å²) in [5.74, 6) is -2.58. The minimum atomic E-state index is -0.885. The number of thiazole rings is 1. The van der Waals surface area contributed by atoms with E-state index in [2.05, 4.69) is 22.1 Å². The highest BCUT2D eigenvalue weighted by atomic mass is 35.5. The molecule has 2 aromatic carbocycles. The van der Waals surface area contributed by atoms with Crippen molar-refractivity contribution in [1.82, 2.24) is 4.98 Å². The Balaban J connectivity index is 0.00000256. The van der Waals surface area contributed by atoms with Gasteiger partial charge in [-0.25, -0.2) is 13.8 Å². The number of benzene rings is 2. The summed E-state index contributed by atoms with van der Waals surface area (Å²) in [5.41, 5.74) is 3.50. The van der Waals surface area contributed by atoms with E-state index in [9.17, 15) is 13.6 Å². The molecule has 3 aromatic rings. The molecule has 0 aliphatic carbocycles. The number of halogens is 3. The summed E-state index contributed by atoms with van der Waals surface area (Å²) in [6, 6.07) is 10.7. The monoisotopic (exact) mass is 447 g/mol. The maximum absolute atomic E-state index is 13.8. The van der Waals surface area contributed by atoms with Gasteiger partial charge in [0.1, 0.15) is 17.2 Å². The Morgan fingerprint density at radius 3 is 2.47 bits per heavy atom. The van der Waals surface area contributed by atoms with Crippen molar-refractivity contribution >= 4 is 46.0 Å². The van der Waals surface area contributed by atoms with Crippen LogP contribution in [-0.4, -0.2) is 24.0 Å². The Bertz CT molecular complexity index is 1050. The van der Waals surface area contributed by atoms with Crippen LogP contribution in [0.2, 0.25) is 0 Å². The number of anilines is 2. The Hall–Kier alpha value is -2.77. The third-order valence-electron chi connectivity index (χ3n) is 4.99. The van der Waals surface area contributed by atoms with Gasteiger partial charge in [0.05, 0.1) is 0 Å². The van der Waals surface area contributed by atoms with Gasteiger partial charge in [-0.3, -0.25) is 4.79 Å². The van der Waals surface area contributed by atoms with Crippen LogP contribution in [0.5, 0.6) is 0 Å². The average molecular weight is 448 g/mol. The van der Waals surface area contributed by atoms with Crippen molar-refractivity contribution in [3.8, 4) is 0 Å². The lowest BCUT2D eigenvalue weighted by molar-refractivity contribution is 0.101. The summed E-state index contributed by atoms with van der Waals surface area (Å²) in [5, 5.41) is 5.53. The van der Waals surface area contributed by atoms with Crippen LogP contribution >= 0.6 is 23.7 Å². The molecule has 156 valence electrons. The quantitative estimate of drug-likeness (QED) is 0.551. The lowest BCUT2D eigenvalue weighted by Crippen LogP contribution is -2.30. The smallest absolute Gasteiger partial charge is 0.261 e. The molecule has 0 radical (unpaired) electrons. The summed E-state index contributed by atoms with van der Waals surface area (Å²) in [6.45, 7) is 3.84. The molecule has 1 aliphatic heterocycles. The topological polar surface area (TPSA) is 45.2 Å². The van der Waals surface area contributed by atoms with Gasteiger partial charge in [0.2, 0.25) is 0 Å². The summed E-state index contributed by atoms with van der Waals surface area (Å²) in [6.07, 6.45) is 2.76. The summed E-state index contributed by atoms with van der Waals surface area (Å²) in [7, 11) is 0. The molecule has 30 heavy (non-hydrogen) atoms. The van der Waals surface area contributed by atoms with Crippen LogP contribution in [0, 0.1) is 11.6 Å². The van der Waals surface area contributed by atoms with Crippen molar-refractivity contribution in [3.05, 3.63) is 82.4 Å². The van der Waals surface area contributed by atoms with Crippen molar-refractivity contribution in [1.29, 1.82) is 0 Å². The number of carbonyl (C=O) groups is 1. The van der Waals surface area contributed by atoms with Crippen molar-refractivity contribution < 1.29 is 13.6 Å². The molecule has 0 saturated heterocycles. The van der Waals surface area contributed by atoms with Crippen molar-refractivity contribution in [2.24, 2.45) is 0 Å². The standard InChI is InChI=1S/C22H19F2N3OS.ClH/c1-14-9-11-27(22-25-10-12-29-22)13-17(14)15-5-7-16(8-6-15)26-21(28)20-18(23)3-2-4-19(20)24;/h2-8,10,12H,9,11,13H2,1H3,(H,26,28);1H. The van der Waals surface area contributed by atoms with Crippen LogP contribution < -0.4 is 10.2 Å². The second-order valence-corrected chi connectivity index (χ2v) is 7.75. The predicted molar refractivity (Wildman–Crippen MR) is 120 cm³/mol. The number of rotatable bonds is 4. The molecule has 1 aliphatic rings. The third-order valence-corrected chi connectivity index (χ3v) is 5.82. The fraction of sp³-hybridized carbons (Fsp3) is 0.182. The van der Waals surface area contributed by atoms with E-state index < -0.39 is 23.1 Å². The molecule has 1 amide bonds. The Morgan fingerprint density at radius 2 is 1.83 bits per heavy atom. The van der Waals surface area contributed by atoms with E-state index in [1.807, 2.05) is 17.5 Å². The number of nitrogens with zero attached hydrogens (tertiary/aromatic N) is 2. The molecule has 0 atom stereocenters. The fourth-order valence-electron chi connectivity index (χ4n) is 3.39. The van der Waals surface area contributed by atoms with Gasteiger partial charge in [0, 0.05) is 30.4 Å². The summed E-state index contributed by atoms with van der Waals surface area (Å²) in [4.78, 5) is 18.9. The van der Waals surface area contributed by atoms with E-state index in [1.165, 1.54) is 17.2 Å². The van der Waals surface area contributed by atoms with E-state index >= 15 is 0 Å². The molecular formula is C22H20ClF2N3OS. The third kappa shape index (κ3) is 4.52. The van der Waals surface area contributed by atoms with E-state index in [-0.39, 0.29) is 12.4 Å². The predicted octanol–water partition coefficient (Wildman–Crippen LogP) is 5.78. The normalized spacial score (nSPS) is 13.8. The first-order chi connectivity index (χ1) is 14.0. The lowest BCUT2D eigenvalue weighted by Gasteiger charge is -2.30. The van der Waals surface area contributed by atoms with Gasteiger partial charge in [-0.1, -0.05) is 23.8 Å². The second kappa shape index (κ2) is 9.36. The SMILES string of the molecule is CC1=C(c2ccc(NC(=O)c3c(F)cccc3F)cc2)CN(c2nccs2)CC1.Cl. The molecule has 0 spiro atoms. The maximum Gasteiger partial charge on any atom is 0.261 e. The minimum Gasteiger partial charge on any atom is -0.343 e. The summed E-state index contributed by atoms with van der Waals surface area (Å²) < 4.78 is 27.6. The van der Waals surface area contributed by atoms with Crippen LogP contribution in [0.15, 0.2) is 59.6 Å². The zero-order chi connectivity index (χ0) is 20.4.